The van der Waals surface area contributed by atoms with E-state index in [1.807, 2.05) is 23.1 Å². The minimum absolute atomic E-state index is 0.108. The van der Waals surface area contributed by atoms with E-state index < -0.39 is 5.82 Å². The Balaban J connectivity index is 2.07. The van der Waals surface area contributed by atoms with Gasteiger partial charge in [0.15, 0.2) is 0 Å². The molecule has 2 heterocycles. The van der Waals surface area contributed by atoms with Gasteiger partial charge in [0, 0.05) is 22.3 Å². The minimum atomic E-state index is -0.438. The number of hydrogen-bond donors (Lipinski definition) is 2. The summed E-state index contributed by atoms with van der Waals surface area (Å²) in [5.74, 6) is 0.0270. The second-order valence-corrected chi connectivity index (χ2v) is 7.11. The highest BCUT2D eigenvalue weighted by Crippen LogP contribution is 2.37. The maximum absolute atomic E-state index is 14.9. The Morgan fingerprint density at radius 1 is 1.26 bits per heavy atom. The molecule has 27 heavy (non-hydrogen) atoms. The third-order valence-electron chi connectivity index (χ3n) is 4.56. The molecule has 1 aromatic heterocycles. The average Bonchev–Trinajstić information content (AvgIpc) is 2.84. The lowest BCUT2D eigenvalue weighted by molar-refractivity contribution is 0.133. The van der Waals surface area contributed by atoms with Crippen LogP contribution in [0.3, 0.4) is 0 Å². The van der Waals surface area contributed by atoms with Crippen LogP contribution in [-0.2, 0) is 11.3 Å². The summed E-state index contributed by atoms with van der Waals surface area (Å²) in [5, 5.41) is 16.6. The average molecular weight is 430 g/mol. The molecule has 1 aliphatic heterocycles. The molecule has 8 heteroatoms. The fraction of sp³-hybridized carbons (Fsp3) is 0.211. The van der Waals surface area contributed by atoms with E-state index in [1.54, 1.807) is 19.1 Å². The van der Waals surface area contributed by atoms with Crippen LogP contribution in [0.4, 0.5) is 15.9 Å². The van der Waals surface area contributed by atoms with Gasteiger partial charge in [0.1, 0.15) is 17.5 Å². The van der Waals surface area contributed by atoms with Gasteiger partial charge < -0.3 is 9.64 Å². The van der Waals surface area contributed by atoms with Crippen LogP contribution in [0.25, 0.3) is 10.9 Å². The Bertz CT molecular complexity index is 1130. The highest BCUT2D eigenvalue weighted by atomic mass is 79.9. The first-order valence-electron chi connectivity index (χ1n) is 8.43. The number of ether oxygens (including phenoxy) is 1. The van der Waals surface area contributed by atoms with Crippen LogP contribution in [0.15, 0.2) is 40.9 Å². The molecule has 0 radical (unpaired) electrons. The van der Waals surface area contributed by atoms with E-state index in [2.05, 4.69) is 20.9 Å². The highest BCUT2D eigenvalue weighted by Gasteiger charge is 2.24. The third kappa shape index (κ3) is 2.94. The molecule has 0 spiro atoms. The van der Waals surface area contributed by atoms with Crippen LogP contribution < -0.4 is 10.5 Å². The van der Waals surface area contributed by atoms with E-state index in [0.717, 1.165) is 15.7 Å². The molecular formula is C19H17BrFN5O. The predicted molar refractivity (Wildman–Crippen MR) is 105 cm³/mol. The number of nitrogens with one attached hydrogen (secondary N) is 2. The number of halogens is 2. The second kappa shape index (κ2) is 6.86. The third-order valence-corrected chi connectivity index (χ3v) is 5.30. The molecule has 138 valence electrons. The van der Waals surface area contributed by atoms with Crippen molar-refractivity contribution in [1.82, 2.24) is 9.55 Å². The van der Waals surface area contributed by atoms with Crippen molar-refractivity contribution in [1.29, 1.82) is 10.8 Å². The zero-order valence-corrected chi connectivity index (χ0v) is 16.2. The summed E-state index contributed by atoms with van der Waals surface area (Å²) in [5.41, 5.74) is 2.15. The second-order valence-electron chi connectivity index (χ2n) is 6.26. The standard InChI is InChI=1S/C19H17BrFN5O/c1-11(22)26-16-7-3-5-14(21)17(16)18(24-19(26)23)25-8-9-27-10-12-13(20)4-2-6-15(12)25/h2-7,22-23H,8-10H2,1H3. The van der Waals surface area contributed by atoms with Crippen molar-refractivity contribution in [3.05, 3.63) is 57.9 Å². The monoisotopic (exact) mass is 429 g/mol. The number of anilines is 2. The zero-order chi connectivity index (χ0) is 19.1. The fourth-order valence-electron chi connectivity index (χ4n) is 3.39. The van der Waals surface area contributed by atoms with E-state index in [0.29, 0.717) is 31.1 Å². The van der Waals surface area contributed by atoms with Gasteiger partial charge in [0.2, 0.25) is 5.62 Å². The summed E-state index contributed by atoms with van der Waals surface area (Å²) >= 11 is 3.56. The Labute approximate surface area is 163 Å². The van der Waals surface area contributed by atoms with Gasteiger partial charge in [-0.15, -0.1) is 0 Å². The van der Waals surface area contributed by atoms with E-state index in [4.69, 9.17) is 15.6 Å². The fourth-order valence-corrected chi connectivity index (χ4v) is 3.86. The van der Waals surface area contributed by atoms with Crippen molar-refractivity contribution in [3.63, 3.8) is 0 Å². The largest absolute Gasteiger partial charge is 0.375 e. The smallest absolute Gasteiger partial charge is 0.230 e. The van der Waals surface area contributed by atoms with Crippen LogP contribution in [0.2, 0.25) is 0 Å². The van der Waals surface area contributed by atoms with Crippen LogP contribution in [0.1, 0.15) is 12.5 Å². The van der Waals surface area contributed by atoms with E-state index in [1.165, 1.54) is 10.6 Å². The first-order chi connectivity index (χ1) is 13.0. The van der Waals surface area contributed by atoms with Crippen molar-refractivity contribution < 1.29 is 9.13 Å². The Kier molecular flexibility index (Phi) is 4.53. The van der Waals surface area contributed by atoms with Crippen LogP contribution >= 0.6 is 15.9 Å². The summed E-state index contributed by atoms with van der Waals surface area (Å²) in [6.07, 6.45) is 0. The van der Waals surface area contributed by atoms with Crippen molar-refractivity contribution in [3.8, 4) is 0 Å². The van der Waals surface area contributed by atoms with Gasteiger partial charge in [-0.3, -0.25) is 15.4 Å². The molecule has 2 N–H and O–H groups in total. The van der Waals surface area contributed by atoms with Crippen molar-refractivity contribution in [2.75, 3.05) is 18.1 Å². The van der Waals surface area contributed by atoms with Gasteiger partial charge in [-0.05, 0) is 31.2 Å². The molecule has 6 nitrogen and oxygen atoms in total. The number of hydrogen-bond acceptors (Lipinski definition) is 5. The number of rotatable bonds is 1. The van der Waals surface area contributed by atoms with Crippen LogP contribution in [0, 0.1) is 16.6 Å². The molecule has 2 aromatic carbocycles. The number of nitrogens with zero attached hydrogens (tertiary/aromatic N) is 3. The lowest BCUT2D eigenvalue weighted by Gasteiger charge is -2.26. The number of fused-ring (bicyclic) bond motifs is 2. The van der Waals surface area contributed by atoms with Gasteiger partial charge in [0.25, 0.3) is 0 Å². The predicted octanol–water partition coefficient (Wildman–Crippen LogP) is 3.93. The maximum atomic E-state index is 14.9. The van der Waals surface area contributed by atoms with Crippen LogP contribution in [-0.4, -0.2) is 28.5 Å². The van der Waals surface area contributed by atoms with Gasteiger partial charge in [0.05, 0.1) is 24.1 Å². The first kappa shape index (κ1) is 17.8. The topological polar surface area (TPSA) is 78.0 Å². The van der Waals surface area contributed by atoms with Gasteiger partial charge in [-0.2, -0.15) is 4.98 Å². The zero-order valence-electron chi connectivity index (χ0n) is 14.6. The summed E-state index contributed by atoms with van der Waals surface area (Å²) in [6, 6.07) is 10.4. The SMILES string of the molecule is CC(=N)n1c(=N)nc(N2CCOCc3c(Br)cccc32)c2c(F)cccc21. The number of aromatic nitrogens is 2. The maximum Gasteiger partial charge on any atom is 0.230 e. The van der Waals surface area contributed by atoms with Gasteiger partial charge in [-0.25, -0.2) is 4.39 Å². The van der Waals surface area contributed by atoms with Gasteiger partial charge in [-0.1, -0.05) is 28.1 Å². The van der Waals surface area contributed by atoms with Gasteiger partial charge >= 0.3 is 0 Å². The Morgan fingerprint density at radius 2 is 2.04 bits per heavy atom. The Hall–Kier alpha value is -2.58. The molecule has 1 aliphatic rings. The summed E-state index contributed by atoms with van der Waals surface area (Å²) in [6.45, 7) is 2.92. The summed E-state index contributed by atoms with van der Waals surface area (Å²) in [4.78, 5) is 6.27. The van der Waals surface area contributed by atoms with Crippen molar-refractivity contribution in [2.45, 2.75) is 13.5 Å². The van der Waals surface area contributed by atoms with E-state index in [9.17, 15) is 4.39 Å². The lowest BCUT2D eigenvalue weighted by Crippen LogP contribution is -2.32. The molecule has 0 amide bonds. The van der Waals surface area contributed by atoms with Crippen LogP contribution in [0.5, 0.6) is 0 Å². The molecule has 0 fully saturated rings. The molecule has 0 saturated heterocycles. The van der Waals surface area contributed by atoms with Crippen molar-refractivity contribution in [2.24, 2.45) is 0 Å². The highest BCUT2D eigenvalue weighted by molar-refractivity contribution is 9.10. The first-order valence-corrected chi connectivity index (χ1v) is 9.22. The molecule has 3 aromatic rings. The lowest BCUT2D eigenvalue weighted by atomic mass is 10.1. The molecule has 0 atom stereocenters. The summed E-state index contributed by atoms with van der Waals surface area (Å²) < 4.78 is 22.8. The molecule has 0 saturated carbocycles. The quantitative estimate of drug-likeness (QED) is 0.454. The molecular weight excluding hydrogens is 413 g/mol. The minimum Gasteiger partial charge on any atom is -0.375 e. The molecule has 0 aliphatic carbocycles. The van der Waals surface area contributed by atoms with Crippen molar-refractivity contribution >= 4 is 44.2 Å². The van der Waals surface area contributed by atoms with E-state index in [-0.39, 0.29) is 16.8 Å². The number of benzene rings is 2. The molecule has 0 bridgehead atoms. The normalized spacial score (nSPS) is 14.1. The molecule has 4 rings (SSSR count). The summed E-state index contributed by atoms with van der Waals surface area (Å²) in [7, 11) is 0. The molecule has 0 unspecified atom stereocenters. The van der Waals surface area contributed by atoms with E-state index >= 15 is 0 Å². The Morgan fingerprint density at radius 3 is 2.81 bits per heavy atom.